The van der Waals surface area contributed by atoms with Gasteiger partial charge in [-0.1, -0.05) is 17.3 Å². The van der Waals surface area contributed by atoms with E-state index in [1.807, 2.05) is 0 Å². The zero-order chi connectivity index (χ0) is 16.3. The molecule has 0 saturated heterocycles. The number of nitrogens with zero attached hydrogens (tertiary/aromatic N) is 3. The number of hydrogen-bond acceptors (Lipinski definition) is 4. The number of hydrogen-bond donors (Lipinski definition) is 2. The SMILES string of the molecule is Cl.NCCNC(=O)c1nnn(-c2ccccc2F)c1C(F)(F)F. The summed E-state index contributed by atoms with van der Waals surface area (Å²) in [4.78, 5) is 11.7. The molecular weight excluding hydrogens is 342 g/mol. The molecule has 1 heterocycles. The Balaban J connectivity index is 0.00000264. The first-order valence-corrected chi connectivity index (χ1v) is 6.12. The number of nitrogens with two attached hydrogens (primary N) is 1. The fourth-order valence-corrected chi connectivity index (χ4v) is 1.75. The van der Waals surface area contributed by atoms with Gasteiger partial charge in [0.2, 0.25) is 0 Å². The number of alkyl halides is 3. The highest BCUT2D eigenvalue weighted by Gasteiger charge is 2.42. The van der Waals surface area contributed by atoms with Crippen LogP contribution in [-0.2, 0) is 6.18 Å². The number of halogens is 5. The average molecular weight is 354 g/mol. The average Bonchev–Trinajstić information content (AvgIpc) is 2.90. The van der Waals surface area contributed by atoms with Gasteiger partial charge >= 0.3 is 6.18 Å². The van der Waals surface area contributed by atoms with Gasteiger partial charge in [0, 0.05) is 13.1 Å². The van der Waals surface area contributed by atoms with Crippen LogP contribution < -0.4 is 11.1 Å². The topological polar surface area (TPSA) is 85.8 Å². The van der Waals surface area contributed by atoms with Crippen LogP contribution >= 0.6 is 12.4 Å². The molecule has 0 bridgehead atoms. The lowest BCUT2D eigenvalue weighted by Crippen LogP contribution is -2.31. The molecule has 1 amide bonds. The molecule has 6 nitrogen and oxygen atoms in total. The Labute approximate surface area is 134 Å². The number of carbonyl (C=O) groups excluding carboxylic acids is 1. The number of aromatic nitrogens is 3. The van der Waals surface area contributed by atoms with Crippen molar-refractivity contribution >= 4 is 18.3 Å². The van der Waals surface area contributed by atoms with Crippen molar-refractivity contribution in [3.63, 3.8) is 0 Å². The van der Waals surface area contributed by atoms with Gasteiger partial charge in [0.05, 0.1) is 0 Å². The van der Waals surface area contributed by atoms with Gasteiger partial charge in [-0.05, 0) is 12.1 Å². The Hall–Kier alpha value is -2.20. The van der Waals surface area contributed by atoms with Crippen molar-refractivity contribution in [2.24, 2.45) is 5.73 Å². The Bertz CT molecular complexity index is 688. The van der Waals surface area contributed by atoms with Crippen molar-refractivity contribution in [1.82, 2.24) is 20.3 Å². The van der Waals surface area contributed by atoms with E-state index >= 15 is 0 Å². The zero-order valence-corrected chi connectivity index (χ0v) is 12.3. The fourth-order valence-electron chi connectivity index (χ4n) is 1.75. The smallest absolute Gasteiger partial charge is 0.349 e. The molecule has 0 fully saturated rings. The number of amides is 1. The van der Waals surface area contributed by atoms with Crippen LogP contribution in [0.15, 0.2) is 24.3 Å². The Morgan fingerprint density at radius 2 is 1.96 bits per heavy atom. The van der Waals surface area contributed by atoms with Gasteiger partial charge < -0.3 is 11.1 Å². The van der Waals surface area contributed by atoms with Crippen molar-refractivity contribution in [3.8, 4) is 5.69 Å². The molecule has 0 aliphatic heterocycles. The van der Waals surface area contributed by atoms with Crippen LogP contribution in [0.3, 0.4) is 0 Å². The van der Waals surface area contributed by atoms with Crippen LogP contribution in [0.1, 0.15) is 16.2 Å². The standard InChI is InChI=1S/C12H11F4N5O.ClH/c13-7-3-1-2-4-8(7)21-10(12(14,15)16)9(19-20-21)11(22)18-6-5-17;/h1-4H,5-6,17H2,(H,18,22);1H. The van der Waals surface area contributed by atoms with Crippen LogP contribution in [0.5, 0.6) is 0 Å². The number of nitrogens with one attached hydrogen (secondary N) is 1. The maximum atomic E-state index is 13.7. The summed E-state index contributed by atoms with van der Waals surface area (Å²) in [5.41, 5.74) is 2.32. The second-order valence-corrected chi connectivity index (χ2v) is 4.19. The highest BCUT2D eigenvalue weighted by molar-refractivity contribution is 5.93. The zero-order valence-electron chi connectivity index (χ0n) is 11.5. The van der Waals surface area contributed by atoms with Crippen LogP contribution in [-0.4, -0.2) is 34.0 Å². The van der Waals surface area contributed by atoms with Crippen molar-refractivity contribution < 1.29 is 22.4 Å². The van der Waals surface area contributed by atoms with E-state index in [1.54, 1.807) is 0 Å². The van der Waals surface area contributed by atoms with Gasteiger partial charge in [0.15, 0.2) is 11.4 Å². The van der Waals surface area contributed by atoms with Gasteiger partial charge in [0.25, 0.3) is 5.91 Å². The molecule has 1 aromatic carbocycles. The van der Waals surface area contributed by atoms with Crippen molar-refractivity contribution in [2.45, 2.75) is 6.18 Å². The van der Waals surface area contributed by atoms with Crippen LogP contribution in [0.2, 0.25) is 0 Å². The minimum atomic E-state index is -4.94. The molecule has 23 heavy (non-hydrogen) atoms. The third-order valence-electron chi connectivity index (χ3n) is 2.66. The van der Waals surface area contributed by atoms with Gasteiger partial charge in [-0.2, -0.15) is 13.2 Å². The number of rotatable bonds is 4. The number of carbonyl (C=O) groups is 1. The van der Waals surface area contributed by atoms with Gasteiger partial charge in [0.1, 0.15) is 11.5 Å². The van der Waals surface area contributed by atoms with E-state index in [4.69, 9.17) is 5.73 Å². The van der Waals surface area contributed by atoms with E-state index in [9.17, 15) is 22.4 Å². The van der Waals surface area contributed by atoms with E-state index in [0.717, 1.165) is 12.1 Å². The fraction of sp³-hybridized carbons (Fsp3) is 0.250. The Morgan fingerprint density at radius 3 is 2.52 bits per heavy atom. The van der Waals surface area contributed by atoms with E-state index in [2.05, 4.69) is 15.6 Å². The molecule has 2 rings (SSSR count). The van der Waals surface area contributed by atoms with Gasteiger partial charge in [-0.25, -0.2) is 9.07 Å². The maximum absolute atomic E-state index is 13.7. The Morgan fingerprint density at radius 1 is 1.30 bits per heavy atom. The lowest BCUT2D eigenvalue weighted by molar-refractivity contribution is -0.143. The molecule has 0 spiro atoms. The molecule has 0 saturated carbocycles. The molecule has 0 aliphatic rings. The van der Waals surface area contributed by atoms with E-state index in [-0.39, 0.29) is 30.2 Å². The molecule has 0 atom stereocenters. The molecule has 0 radical (unpaired) electrons. The summed E-state index contributed by atoms with van der Waals surface area (Å²) in [6.45, 7) is 0.0250. The van der Waals surface area contributed by atoms with E-state index in [1.165, 1.54) is 12.1 Å². The predicted octanol–water partition coefficient (Wildman–Crippen LogP) is 1.54. The lowest BCUT2D eigenvalue weighted by atomic mass is 10.2. The number of para-hydroxylation sites is 1. The summed E-state index contributed by atoms with van der Waals surface area (Å²) < 4.78 is 53.6. The summed E-state index contributed by atoms with van der Waals surface area (Å²) in [5.74, 6) is -2.01. The van der Waals surface area contributed by atoms with E-state index < -0.39 is 35.0 Å². The predicted molar refractivity (Wildman–Crippen MR) is 75.0 cm³/mol. The molecular formula is C12H12ClF4N5O. The minimum absolute atomic E-state index is 0. The van der Waals surface area contributed by atoms with Crippen LogP contribution in [0.25, 0.3) is 5.69 Å². The summed E-state index contributed by atoms with van der Waals surface area (Å²) in [5, 5.41) is 8.65. The molecule has 11 heteroatoms. The van der Waals surface area contributed by atoms with Crippen molar-refractivity contribution in [1.29, 1.82) is 0 Å². The quantitative estimate of drug-likeness (QED) is 0.816. The third kappa shape index (κ3) is 3.96. The molecule has 1 aromatic heterocycles. The molecule has 0 aliphatic carbocycles. The normalized spacial score (nSPS) is 11.0. The van der Waals surface area contributed by atoms with Crippen LogP contribution in [0.4, 0.5) is 17.6 Å². The first-order valence-electron chi connectivity index (χ1n) is 6.12. The molecule has 3 N–H and O–H groups in total. The monoisotopic (exact) mass is 353 g/mol. The van der Waals surface area contributed by atoms with E-state index in [0.29, 0.717) is 0 Å². The second-order valence-electron chi connectivity index (χ2n) is 4.19. The molecule has 2 aromatic rings. The van der Waals surface area contributed by atoms with Crippen molar-refractivity contribution in [3.05, 3.63) is 41.5 Å². The maximum Gasteiger partial charge on any atom is 0.435 e. The highest BCUT2D eigenvalue weighted by Crippen LogP contribution is 2.33. The summed E-state index contributed by atoms with van der Waals surface area (Å²) in [6.07, 6.45) is -4.94. The first kappa shape index (κ1) is 18.8. The van der Waals surface area contributed by atoms with Crippen molar-refractivity contribution in [2.75, 3.05) is 13.1 Å². The molecule has 126 valence electrons. The third-order valence-corrected chi connectivity index (χ3v) is 2.66. The largest absolute Gasteiger partial charge is 0.435 e. The highest BCUT2D eigenvalue weighted by atomic mass is 35.5. The summed E-state index contributed by atoms with van der Waals surface area (Å²) in [6, 6.07) is 4.73. The summed E-state index contributed by atoms with van der Waals surface area (Å²) in [7, 11) is 0. The van der Waals surface area contributed by atoms with Gasteiger partial charge in [-0.15, -0.1) is 17.5 Å². The van der Waals surface area contributed by atoms with Crippen LogP contribution in [0, 0.1) is 5.82 Å². The summed E-state index contributed by atoms with van der Waals surface area (Å²) >= 11 is 0. The van der Waals surface area contributed by atoms with Gasteiger partial charge in [-0.3, -0.25) is 4.79 Å². The minimum Gasteiger partial charge on any atom is -0.349 e. The second kappa shape index (κ2) is 7.38. The number of benzene rings is 1. The lowest BCUT2D eigenvalue weighted by Gasteiger charge is -2.11. The first-order chi connectivity index (χ1) is 10.4. The Kier molecular flexibility index (Phi) is 6.05. The molecule has 0 unspecified atom stereocenters.